The first-order valence-electron chi connectivity index (χ1n) is 7.62. The minimum atomic E-state index is -0.0806. The van der Waals surface area contributed by atoms with Crippen LogP contribution in [-0.2, 0) is 11.3 Å². The zero-order chi connectivity index (χ0) is 14.7. The van der Waals surface area contributed by atoms with Gasteiger partial charge in [-0.25, -0.2) is 0 Å². The lowest BCUT2D eigenvalue weighted by Gasteiger charge is -2.13. The Morgan fingerprint density at radius 3 is 2.81 bits per heavy atom. The van der Waals surface area contributed by atoms with Crippen LogP contribution in [0.2, 0.25) is 5.02 Å². The predicted octanol–water partition coefficient (Wildman–Crippen LogP) is 2.50. The second kappa shape index (κ2) is 6.67. The molecule has 2 fully saturated rings. The lowest BCUT2D eigenvalue weighted by atomic mass is 10.2. The van der Waals surface area contributed by atoms with E-state index in [9.17, 15) is 4.79 Å². The van der Waals surface area contributed by atoms with Crippen LogP contribution in [0, 0.1) is 5.92 Å². The first kappa shape index (κ1) is 14.7. The number of nitrogens with one attached hydrogen (secondary N) is 2. The highest BCUT2D eigenvalue weighted by molar-refractivity contribution is 6.32. The van der Waals surface area contributed by atoms with Gasteiger partial charge >= 0.3 is 0 Å². The number of carbonyl (C=O) groups excluding carboxylic acids is 1. The minimum Gasteiger partial charge on any atom is -0.482 e. The van der Waals surface area contributed by atoms with Crippen LogP contribution in [0.25, 0.3) is 0 Å². The molecule has 0 bridgehead atoms. The molecular weight excluding hydrogens is 288 g/mol. The fraction of sp³-hybridized carbons (Fsp3) is 0.562. The monoisotopic (exact) mass is 308 g/mol. The van der Waals surface area contributed by atoms with Gasteiger partial charge in [0.2, 0.25) is 0 Å². The summed E-state index contributed by atoms with van der Waals surface area (Å²) in [5.74, 6) is 1.21. The van der Waals surface area contributed by atoms with Crippen molar-refractivity contribution in [3.05, 3.63) is 28.8 Å². The van der Waals surface area contributed by atoms with E-state index in [1.807, 2.05) is 12.1 Å². The van der Waals surface area contributed by atoms with Gasteiger partial charge in [0.15, 0.2) is 6.61 Å². The van der Waals surface area contributed by atoms with E-state index in [2.05, 4.69) is 10.6 Å². The van der Waals surface area contributed by atoms with Gasteiger partial charge in [0.05, 0.1) is 5.02 Å². The average Bonchev–Trinajstić information content (AvgIpc) is 3.36. The largest absolute Gasteiger partial charge is 0.482 e. The maximum absolute atomic E-state index is 11.8. The summed E-state index contributed by atoms with van der Waals surface area (Å²) in [4.78, 5) is 11.8. The minimum absolute atomic E-state index is 0.0207. The highest BCUT2D eigenvalue weighted by atomic mass is 35.5. The molecule has 2 N–H and O–H groups in total. The van der Waals surface area contributed by atoms with E-state index in [1.165, 1.54) is 25.7 Å². The van der Waals surface area contributed by atoms with Crippen molar-refractivity contribution in [2.24, 2.45) is 5.92 Å². The highest BCUT2D eigenvalue weighted by Crippen LogP contribution is 2.30. The molecule has 1 amide bonds. The van der Waals surface area contributed by atoms with Crippen molar-refractivity contribution in [1.29, 1.82) is 0 Å². The van der Waals surface area contributed by atoms with Gasteiger partial charge in [0.25, 0.3) is 5.91 Å². The van der Waals surface area contributed by atoms with Crippen molar-refractivity contribution in [1.82, 2.24) is 10.6 Å². The average molecular weight is 309 g/mol. The maximum atomic E-state index is 11.8. The van der Waals surface area contributed by atoms with Gasteiger partial charge in [0.1, 0.15) is 5.75 Å². The number of amides is 1. The predicted molar refractivity (Wildman–Crippen MR) is 82.5 cm³/mol. The zero-order valence-electron chi connectivity index (χ0n) is 12.0. The molecule has 0 aromatic heterocycles. The molecule has 2 aliphatic rings. The Morgan fingerprint density at radius 1 is 1.29 bits per heavy atom. The number of benzene rings is 1. The third-order valence-electron chi connectivity index (χ3n) is 3.84. The molecule has 2 aliphatic carbocycles. The van der Waals surface area contributed by atoms with E-state index in [-0.39, 0.29) is 12.5 Å². The summed E-state index contributed by atoms with van der Waals surface area (Å²) in [7, 11) is 0. The van der Waals surface area contributed by atoms with E-state index in [0.717, 1.165) is 18.7 Å². The lowest BCUT2D eigenvalue weighted by Crippen LogP contribution is -2.30. The second-order valence-electron chi connectivity index (χ2n) is 5.92. The Kier molecular flexibility index (Phi) is 4.66. The Morgan fingerprint density at radius 2 is 2.10 bits per heavy atom. The molecular formula is C16H21ClN2O2. The number of halogens is 1. The van der Waals surface area contributed by atoms with Crippen molar-refractivity contribution in [2.45, 2.75) is 38.3 Å². The summed E-state index contributed by atoms with van der Waals surface area (Å²) in [6, 6.07) is 6.31. The smallest absolute Gasteiger partial charge is 0.257 e. The quantitative estimate of drug-likeness (QED) is 0.776. The van der Waals surface area contributed by atoms with Crippen LogP contribution in [0.5, 0.6) is 5.75 Å². The number of ether oxygens (including phenoxy) is 1. The molecule has 0 radical (unpaired) electrons. The first-order valence-corrected chi connectivity index (χ1v) is 8.00. The van der Waals surface area contributed by atoms with Crippen LogP contribution in [0.1, 0.15) is 31.2 Å². The fourth-order valence-corrected chi connectivity index (χ4v) is 2.41. The van der Waals surface area contributed by atoms with E-state index < -0.39 is 0 Å². The molecule has 1 aromatic rings. The zero-order valence-corrected chi connectivity index (χ0v) is 12.8. The summed E-state index contributed by atoms with van der Waals surface area (Å²) in [6.07, 6.45) is 4.92. The van der Waals surface area contributed by atoms with E-state index in [1.54, 1.807) is 6.07 Å². The van der Waals surface area contributed by atoms with Crippen LogP contribution in [0.3, 0.4) is 0 Å². The number of carbonyl (C=O) groups is 1. The first-order chi connectivity index (χ1) is 10.2. The summed E-state index contributed by atoms with van der Waals surface area (Å²) in [5.41, 5.74) is 1.00. The van der Waals surface area contributed by atoms with Gasteiger partial charge in [-0.2, -0.15) is 0 Å². The molecule has 21 heavy (non-hydrogen) atoms. The number of para-hydroxylation sites is 1. The molecule has 2 saturated carbocycles. The molecule has 0 spiro atoms. The van der Waals surface area contributed by atoms with Gasteiger partial charge in [0, 0.05) is 24.7 Å². The topological polar surface area (TPSA) is 50.4 Å². The van der Waals surface area contributed by atoms with Gasteiger partial charge in [-0.1, -0.05) is 23.7 Å². The van der Waals surface area contributed by atoms with Gasteiger partial charge in [-0.3, -0.25) is 4.79 Å². The maximum Gasteiger partial charge on any atom is 0.257 e. The Labute approximate surface area is 130 Å². The number of hydrogen-bond donors (Lipinski definition) is 2. The Bertz CT molecular complexity index is 513. The van der Waals surface area contributed by atoms with Crippen LogP contribution in [0.15, 0.2) is 18.2 Å². The molecule has 0 atom stereocenters. The van der Waals surface area contributed by atoms with Crippen LogP contribution in [-0.4, -0.2) is 25.1 Å². The summed E-state index contributed by atoms with van der Waals surface area (Å²) in [5, 5.41) is 6.88. The van der Waals surface area contributed by atoms with Crippen molar-refractivity contribution < 1.29 is 9.53 Å². The SMILES string of the molecule is O=C(COc1c(Cl)cccc1CNC1CC1)NCC1CC1. The van der Waals surface area contributed by atoms with Crippen molar-refractivity contribution in [2.75, 3.05) is 13.2 Å². The van der Waals surface area contributed by atoms with Crippen molar-refractivity contribution >= 4 is 17.5 Å². The molecule has 0 heterocycles. The third-order valence-corrected chi connectivity index (χ3v) is 4.14. The molecule has 0 saturated heterocycles. The van der Waals surface area contributed by atoms with Crippen LogP contribution in [0.4, 0.5) is 0 Å². The van der Waals surface area contributed by atoms with Crippen molar-refractivity contribution in [3.63, 3.8) is 0 Å². The van der Waals surface area contributed by atoms with Gasteiger partial charge in [-0.05, 0) is 37.7 Å². The van der Waals surface area contributed by atoms with Gasteiger partial charge < -0.3 is 15.4 Å². The highest BCUT2D eigenvalue weighted by Gasteiger charge is 2.22. The lowest BCUT2D eigenvalue weighted by molar-refractivity contribution is -0.123. The third kappa shape index (κ3) is 4.61. The second-order valence-corrected chi connectivity index (χ2v) is 6.33. The molecule has 0 aliphatic heterocycles. The molecule has 4 nitrogen and oxygen atoms in total. The molecule has 3 rings (SSSR count). The normalized spacial score (nSPS) is 17.6. The van der Waals surface area contributed by atoms with Crippen LogP contribution >= 0.6 is 11.6 Å². The summed E-state index contributed by atoms with van der Waals surface area (Å²) >= 11 is 6.20. The van der Waals surface area contributed by atoms with Gasteiger partial charge in [-0.15, -0.1) is 0 Å². The van der Waals surface area contributed by atoms with Crippen LogP contribution < -0.4 is 15.4 Å². The summed E-state index contributed by atoms with van der Waals surface area (Å²) < 4.78 is 5.65. The molecule has 5 heteroatoms. The van der Waals surface area contributed by atoms with E-state index >= 15 is 0 Å². The number of rotatable bonds is 8. The van der Waals surface area contributed by atoms with Crippen molar-refractivity contribution in [3.8, 4) is 5.75 Å². The Balaban J connectivity index is 1.52. The Hall–Kier alpha value is -1.26. The molecule has 114 valence electrons. The number of hydrogen-bond acceptors (Lipinski definition) is 3. The molecule has 1 aromatic carbocycles. The summed E-state index contributed by atoms with van der Waals surface area (Å²) in [6.45, 7) is 1.51. The van der Waals surface area contributed by atoms with E-state index in [4.69, 9.17) is 16.3 Å². The standard InChI is InChI=1S/C16H21ClN2O2/c17-14-3-1-2-12(9-18-13-6-7-13)16(14)21-10-15(20)19-8-11-4-5-11/h1-3,11,13,18H,4-10H2,(H,19,20). The fourth-order valence-electron chi connectivity index (χ4n) is 2.16. The van der Waals surface area contributed by atoms with E-state index in [0.29, 0.717) is 22.7 Å². The molecule has 0 unspecified atom stereocenters.